The molecule has 2 rings (SSSR count). The molecule has 8 nitrogen and oxygen atoms in total. The van der Waals surface area contributed by atoms with Gasteiger partial charge in [0.25, 0.3) is 5.91 Å². The topological polar surface area (TPSA) is 118 Å². The minimum atomic E-state index is -0.696. The highest BCUT2D eigenvalue weighted by atomic mass is 79.9. The van der Waals surface area contributed by atoms with Crippen LogP contribution in [0.3, 0.4) is 0 Å². The maximum absolute atomic E-state index is 11.8. The van der Waals surface area contributed by atoms with Crippen LogP contribution in [0.15, 0.2) is 46.2 Å². The van der Waals surface area contributed by atoms with Crippen molar-refractivity contribution in [3.8, 4) is 5.75 Å². The third kappa shape index (κ3) is 3.85. The molecule has 0 aliphatic heterocycles. The monoisotopic (exact) mass is 364 g/mol. The van der Waals surface area contributed by atoms with E-state index in [0.29, 0.717) is 15.6 Å². The summed E-state index contributed by atoms with van der Waals surface area (Å²) in [6.45, 7) is 0. The largest absolute Gasteiger partial charge is 0.502 e. The lowest BCUT2D eigenvalue weighted by Crippen LogP contribution is -2.17. The van der Waals surface area contributed by atoms with Gasteiger partial charge >= 0.3 is 5.69 Å². The number of nitro benzene ring substituents is 1. The number of carbonyl (C=O) groups excluding carboxylic acids is 1. The zero-order valence-electron chi connectivity index (χ0n) is 10.9. The van der Waals surface area contributed by atoms with Gasteiger partial charge in [-0.05, 0) is 39.7 Å². The Balaban J connectivity index is 2.05. The molecule has 1 aromatic carbocycles. The van der Waals surface area contributed by atoms with Gasteiger partial charge in [0, 0.05) is 22.9 Å². The average Bonchev–Trinajstić information content (AvgIpc) is 2.46. The molecule has 9 heteroatoms. The van der Waals surface area contributed by atoms with Crippen LogP contribution in [0.4, 0.5) is 5.69 Å². The Morgan fingerprint density at radius 2 is 2.18 bits per heavy atom. The smallest absolute Gasteiger partial charge is 0.310 e. The number of carbonyl (C=O) groups is 1. The lowest BCUT2D eigenvalue weighted by Gasteiger charge is -2.00. The molecule has 2 aromatic rings. The summed E-state index contributed by atoms with van der Waals surface area (Å²) < 4.78 is 0.657. The molecule has 0 aliphatic carbocycles. The van der Waals surface area contributed by atoms with Gasteiger partial charge in [-0.1, -0.05) is 0 Å². The van der Waals surface area contributed by atoms with Gasteiger partial charge in [-0.3, -0.25) is 19.9 Å². The Kier molecular flexibility index (Phi) is 4.79. The second-order valence-corrected chi connectivity index (χ2v) is 5.01. The second kappa shape index (κ2) is 6.76. The number of nitro groups is 1. The number of hydrogen-bond acceptors (Lipinski definition) is 6. The Bertz CT molecular complexity index is 763. The summed E-state index contributed by atoms with van der Waals surface area (Å²) in [5, 5.41) is 23.8. The van der Waals surface area contributed by atoms with Crippen LogP contribution in [0.2, 0.25) is 0 Å². The van der Waals surface area contributed by atoms with Gasteiger partial charge < -0.3 is 5.11 Å². The molecule has 0 atom stereocenters. The molecular weight excluding hydrogens is 356 g/mol. The first-order chi connectivity index (χ1) is 10.5. The lowest BCUT2D eigenvalue weighted by molar-refractivity contribution is -0.385. The first kappa shape index (κ1) is 15.6. The summed E-state index contributed by atoms with van der Waals surface area (Å²) in [5.74, 6) is -0.937. The molecule has 1 aromatic heterocycles. The lowest BCUT2D eigenvalue weighted by atomic mass is 10.2. The van der Waals surface area contributed by atoms with Crippen molar-refractivity contribution >= 4 is 33.7 Å². The van der Waals surface area contributed by atoms with E-state index in [1.165, 1.54) is 24.5 Å². The molecule has 0 saturated carbocycles. The van der Waals surface area contributed by atoms with E-state index in [1.807, 2.05) is 0 Å². The Morgan fingerprint density at radius 3 is 2.82 bits per heavy atom. The third-order valence-electron chi connectivity index (χ3n) is 2.54. The van der Waals surface area contributed by atoms with Crippen LogP contribution in [0, 0.1) is 10.1 Å². The molecule has 0 unspecified atom stereocenters. The van der Waals surface area contributed by atoms with E-state index in [4.69, 9.17) is 0 Å². The number of aromatic nitrogens is 1. The van der Waals surface area contributed by atoms with Crippen LogP contribution >= 0.6 is 15.9 Å². The van der Waals surface area contributed by atoms with Gasteiger partial charge in [0.1, 0.15) is 0 Å². The van der Waals surface area contributed by atoms with Gasteiger partial charge in [0.15, 0.2) is 5.75 Å². The maximum atomic E-state index is 11.8. The number of amides is 1. The Labute approximate surface area is 132 Å². The van der Waals surface area contributed by atoms with E-state index >= 15 is 0 Å². The van der Waals surface area contributed by atoms with Crippen LogP contribution in [-0.2, 0) is 0 Å². The number of pyridine rings is 1. The number of hydrogen-bond donors (Lipinski definition) is 2. The highest BCUT2D eigenvalue weighted by Gasteiger charge is 2.12. The number of nitrogens with zero attached hydrogens (tertiary/aromatic N) is 3. The summed E-state index contributed by atoms with van der Waals surface area (Å²) in [4.78, 5) is 25.5. The van der Waals surface area contributed by atoms with E-state index in [1.54, 1.807) is 12.3 Å². The standard InChI is InChI=1S/C13H9BrN4O4/c14-10-4-9(6-15-7-10)13(20)17-16-5-8-1-2-11(18(21)22)12(19)3-8/h1-7,19H,(H,17,20). The maximum Gasteiger partial charge on any atom is 0.310 e. The second-order valence-electron chi connectivity index (χ2n) is 4.10. The van der Waals surface area contributed by atoms with Crippen molar-refractivity contribution in [2.75, 3.05) is 0 Å². The fourth-order valence-corrected chi connectivity index (χ4v) is 1.91. The van der Waals surface area contributed by atoms with E-state index < -0.39 is 22.3 Å². The first-order valence-electron chi connectivity index (χ1n) is 5.89. The molecule has 0 saturated heterocycles. The fraction of sp³-hybridized carbons (Fsp3) is 0. The molecule has 0 aliphatic rings. The zero-order valence-corrected chi connectivity index (χ0v) is 12.5. The number of phenolic OH excluding ortho intramolecular Hbond substituents is 1. The van der Waals surface area contributed by atoms with Crippen molar-refractivity contribution in [3.05, 3.63) is 62.4 Å². The molecule has 112 valence electrons. The molecule has 2 N–H and O–H groups in total. The first-order valence-corrected chi connectivity index (χ1v) is 6.68. The van der Waals surface area contributed by atoms with E-state index in [2.05, 4.69) is 31.4 Å². The quantitative estimate of drug-likeness (QED) is 0.489. The van der Waals surface area contributed by atoms with Crippen LogP contribution in [0.25, 0.3) is 0 Å². The number of rotatable bonds is 4. The molecule has 1 amide bonds. The third-order valence-corrected chi connectivity index (χ3v) is 2.98. The van der Waals surface area contributed by atoms with Crippen molar-refractivity contribution in [2.24, 2.45) is 5.10 Å². The van der Waals surface area contributed by atoms with Crippen molar-refractivity contribution in [2.45, 2.75) is 0 Å². The van der Waals surface area contributed by atoms with E-state index in [9.17, 15) is 20.0 Å². The number of benzene rings is 1. The van der Waals surface area contributed by atoms with Crippen molar-refractivity contribution in [1.82, 2.24) is 10.4 Å². The minimum absolute atomic E-state index is 0.318. The molecule has 0 radical (unpaired) electrons. The number of nitrogens with one attached hydrogen (secondary N) is 1. The van der Waals surface area contributed by atoms with Crippen LogP contribution in [0.1, 0.15) is 15.9 Å². The van der Waals surface area contributed by atoms with Crippen LogP contribution < -0.4 is 5.43 Å². The van der Waals surface area contributed by atoms with Gasteiger partial charge in [-0.15, -0.1) is 0 Å². The van der Waals surface area contributed by atoms with Gasteiger partial charge in [0.05, 0.1) is 16.7 Å². The Morgan fingerprint density at radius 1 is 1.41 bits per heavy atom. The van der Waals surface area contributed by atoms with Crippen molar-refractivity contribution in [1.29, 1.82) is 0 Å². The van der Waals surface area contributed by atoms with Gasteiger partial charge in [-0.25, -0.2) is 5.43 Å². The molecule has 22 heavy (non-hydrogen) atoms. The normalized spacial score (nSPS) is 10.6. The highest BCUT2D eigenvalue weighted by molar-refractivity contribution is 9.10. The summed E-state index contributed by atoms with van der Waals surface area (Å²) in [6, 6.07) is 5.30. The average molecular weight is 365 g/mol. The number of hydrazone groups is 1. The van der Waals surface area contributed by atoms with E-state index in [-0.39, 0.29) is 0 Å². The van der Waals surface area contributed by atoms with Gasteiger partial charge in [0.2, 0.25) is 0 Å². The molecular formula is C13H9BrN4O4. The number of halogens is 1. The molecule has 1 heterocycles. The van der Waals surface area contributed by atoms with E-state index in [0.717, 1.165) is 6.07 Å². The van der Waals surface area contributed by atoms with Crippen molar-refractivity contribution < 1.29 is 14.8 Å². The molecule has 0 bridgehead atoms. The molecule has 0 spiro atoms. The highest BCUT2D eigenvalue weighted by Crippen LogP contribution is 2.25. The fourth-order valence-electron chi connectivity index (χ4n) is 1.54. The van der Waals surface area contributed by atoms with Crippen LogP contribution in [-0.4, -0.2) is 27.1 Å². The van der Waals surface area contributed by atoms with Crippen LogP contribution in [0.5, 0.6) is 5.75 Å². The zero-order chi connectivity index (χ0) is 16.1. The minimum Gasteiger partial charge on any atom is -0.502 e. The summed E-state index contributed by atoms with van der Waals surface area (Å²) in [5.41, 5.74) is 2.60. The number of phenols is 1. The Hall–Kier alpha value is -2.81. The predicted octanol–water partition coefficient (Wildman–Crippen LogP) is 2.22. The summed E-state index contributed by atoms with van der Waals surface area (Å²) in [6.07, 6.45) is 4.18. The molecule has 0 fully saturated rings. The van der Waals surface area contributed by atoms with Crippen molar-refractivity contribution in [3.63, 3.8) is 0 Å². The predicted molar refractivity (Wildman–Crippen MR) is 81.8 cm³/mol. The SMILES string of the molecule is O=C(NN=Cc1ccc([N+](=O)[O-])c(O)c1)c1cncc(Br)c1. The number of aromatic hydroxyl groups is 1. The summed E-state index contributed by atoms with van der Waals surface area (Å²) >= 11 is 3.20. The van der Waals surface area contributed by atoms with Gasteiger partial charge in [-0.2, -0.15) is 5.10 Å². The summed E-state index contributed by atoms with van der Waals surface area (Å²) in [7, 11) is 0.